The van der Waals surface area contributed by atoms with Crippen LogP contribution < -0.4 is 5.32 Å². The maximum absolute atomic E-state index is 4.41. The van der Waals surface area contributed by atoms with Gasteiger partial charge in [-0.2, -0.15) is 0 Å². The van der Waals surface area contributed by atoms with Gasteiger partial charge in [-0.3, -0.25) is 4.98 Å². The average molecular weight is 240 g/mol. The number of nitrogens with one attached hydrogen (secondary N) is 1. The molecule has 0 spiro atoms. The van der Waals surface area contributed by atoms with E-state index in [0.717, 1.165) is 18.0 Å². The fraction of sp³-hybridized carbons (Fsp3) is 0.438. The number of aromatic nitrogens is 1. The Labute approximate surface area is 108 Å². The van der Waals surface area contributed by atoms with E-state index in [4.69, 9.17) is 0 Å². The minimum absolute atomic E-state index is 0.701. The molecule has 2 aromatic rings. The Morgan fingerprint density at radius 3 is 2.94 bits per heavy atom. The van der Waals surface area contributed by atoms with Crippen molar-refractivity contribution >= 4 is 10.9 Å². The molecule has 1 heterocycles. The molecule has 2 nitrogen and oxygen atoms in total. The SMILES string of the molecule is CC1CCC(NCc2ccnc3ccccc23)C1. The second kappa shape index (κ2) is 5.07. The molecule has 0 bridgehead atoms. The molecule has 3 rings (SSSR count). The van der Waals surface area contributed by atoms with Crippen molar-refractivity contribution in [1.82, 2.24) is 10.3 Å². The van der Waals surface area contributed by atoms with Crippen LogP contribution in [0.3, 0.4) is 0 Å². The number of hydrogen-bond donors (Lipinski definition) is 1. The number of hydrogen-bond acceptors (Lipinski definition) is 2. The molecule has 1 fully saturated rings. The van der Waals surface area contributed by atoms with Crippen molar-refractivity contribution in [2.45, 2.75) is 38.8 Å². The summed E-state index contributed by atoms with van der Waals surface area (Å²) in [7, 11) is 0. The molecule has 1 N–H and O–H groups in total. The summed E-state index contributed by atoms with van der Waals surface area (Å²) in [4.78, 5) is 4.41. The number of fused-ring (bicyclic) bond motifs is 1. The van der Waals surface area contributed by atoms with Crippen LogP contribution in [-0.4, -0.2) is 11.0 Å². The zero-order valence-electron chi connectivity index (χ0n) is 10.9. The van der Waals surface area contributed by atoms with Crippen LogP contribution in [0.1, 0.15) is 31.7 Å². The lowest BCUT2D eigenvalue weighted by molar-refractivity contribution is 0.503. The lowest BCUT2D eigenvalue weighted by Crippen LogP contribution is -2.25. The molecule has 1 saturated carbocycles. The van der Waals surface area contributed by atoms with Crippen LogP contribution in [0, 0.1) is 5.92 Å². The van der Waals surface area contributed by atoms with E-state index in [1.54, 1.807) is 0 Å². The largest absolute Gasteiger partial charge is 0.310 e. The minimum Gasteiger partial charge on any atom is -0.310 e. The predicted octanol–water partition coefficient (Wildman–Crippen LogP) is 3.51. The molecule has 1 aliphatic rings. The van der Waals surface area contributed by atoms with Gasteiger partial charge >= 0.3 is 0 Å². The fourth-order valence-electron chi connectivity index (χ4n) is 2.96. The topological polar surface area (TPSA) is 24.9 Å². The average Bonchev–Trinajstić information content (AvgIpc) is 2.82. The lowest BCUT2D eigenvalue weighted by Gasteiger charge is -2.13. The zero-order valence-corrected chi connectivity index (χ0v) is 10.9. The smallest absolute Gasteiger partial charge is 0.0705 e. The van der Waals surface area contributed by atoms with Crippen molar-refractivity contribution in [3.05, 3.63) is 42.1 Å². The highest BCUT2D eigenvalue weighted by molar-refractivity contribution is 5.81. The summed E-state index contributed by atoms with van der Waals surface area (Å²) in [6.45, 7) is 3.31. The lowest BCUT2D eigenvalue weighted by atomic mass is 10.1. The Bertz CT molecular complexity index is 530. The van der Waals surface area contributed by atoms with E-state index in [1.165, 1.54) is 30.2 Å². The molecular weight excluding hydrogens is 220 g/mol. The third kappa shape index (κ3) is 2.39. The van der Waals surface area contributed by atoms with Crippen LogP contribution >= 0.6 is 0 Å². The summed E-state index contributed by atoms with van der Waals surface area (Å²) >= 11 is 0. The summed E-state index contributed by atoms with van der Waals surface area (Å²) in [5.41, 5.74) is 2.46. The molecule has 1 aliphatic carbocycles. The van der Waals surface area contributed by atoms with E-state index >= 15 is 0 Å². The first-order valence-corrected chi connectivity index (χ1v) is 6.89. The van der Waals surface area contributed by atoms with Crippen LogP contribution in [0.4, 0.5) is 0 Å². The maximum atomic E-state index is 4.41. The quantitative estimate of drug-likeness (QED) is 0.888. The zero-order chi connectivity index (χ0) is 12.4. The Morgan fingerprint density at radius 2 is 2.11 bits per heavy atom. The molecule has 0 aliphatic heterocycles. The van der Waals surface area contributed by atoms with Crippen molar-refractivity contribution < 1.29 is 0 Å². The van der Waals surface area contributed by atoms with Gasteiger partial charge in [0, 0.05) is 24.2 Å². The third-order valence-electron chi connectivity index (χ3n) is 4.02. The van der Waals surface area contributed by atoms with Crippen LogP contribution in [0.2, 0.25) is 0 Å². The van der Waals surface area contributed by atoms with Crippen molar-refractivity contribution in [1.29, 1.82) is 0 Å². The predicted molar refractivity (Wildman–Crippen MR) is 75.4 cm³/mol. The van der Waals surface area contributed by atoms with Crippen molar-refractivity contribution in [2.75, 3.05) is 0 Å². The highest BCUT2D eigenvalue weighted by atomic mass is 14.9. The van der Waals surface area contributed by atoms with E-state index in [-0.39, 0.29) is 0 Å². The summed E-state index contributed by atoms with van der Waals surface area (Å²) in [6.07, 6.45) is 5.93. The third-order valence-corrected chi connectivity index (χ3v) is 4.02. The standard InChI is InChI=1S/C16H20N2/c1-12-6-7-14(10-12)18-11-13-8-9-17-16-5-3-2-4-15(13)16/h2-5,8-9,12,14,18H,6-7,10-11H2,1H3. The van der Waals surface area contributed by atoms with E-state index in [1.807, 2.05) is 12.3 Å². The second-order valence-electron chi connectivity index (χ2n) is 5.48. The first kappa shape index (κ1) is 11.7. The minimum atomic E-state index is 0.701. The van der Waals surface area contributed by atoms with Gasteiger partial charge in [-0.25, -0.2) is 0 Å². The van der Waals surface area contributed by atoms with Crippen LogP contribution in [0.25, 0.3) is 10.9 Å². The summed E-state index contributed by atoms with van der Waals surface area (Å²) < 4.78 is 0. The number of rotatable bonds is 3. The molecule has 18 heavy (non-hydrogen) atoms. The van der Waals surface area contributed by atoms with Gasteiger partial charge in [-0.1, -0.05) is 25.1 Å². The van der Waals surface area contributed by atoms with Gasteiger partial charge in [-0.05, 0) is 42.9 Å². The van der Waals surface area contributed by atoms with Crippen LogP contribution in [0.5, 0.6) is 0 Å². The molecule has 1 aromatic carbocycles. The molecule has 0 saturated heterocycles. The number of pyridine rings is 1. The highest BCUT2D eigenvalue weighted by Crippen LogP contribution is 2.25. The van der Waals surface area contributed by atoms with Crippen molar-refractivity contribution in [3.8, 4) is 0 Å². The van der Waals surface area contributed by atoms with Gasteiger partial charge in [0.15, 0.2) is 0 Å². The van der Waals surface area contributed by atoms with Gasteiger partial charge in [0.25, 0.3) is 0 Å². The first-order valence-electron chi connectivity index (χ1n) is 6.89. The maximum Gasteiger partial charge on any atom is 0.0705 e. The molecule has 1 aromatic heterocycles. The summed E-state index contributed by atoms with van der Waals surface area (Å²) in [5.74, 6) is 0.886. The van der Waals surface area contributed by atoms with Gasteiger partial charge in [0.2, 0.25) is 0 Å². The van der Waals surface area contributed by atoms with E-state index < -0.39 is 0 Å². The fourth-order valence-corrected chi connectivity index (χ4v) is 2.96. The van der Waals surface area contributed by atoms with Gasteiger partial charge in [0.1, 0.15) is 0 Å². The normalized spacial score (nSPS) is 23.6. The molecule has 2 atom stereocenters. The monoisotopic (exact) mass is 240 g/mol. The number of benzene rings is 1. The molecule has 2 heteroatoms. The Kier molecular flexibility index (Phi) is 3.28. The molecule has 2 unspecified atom stereocenters. The molecule has 94 valence electrons. The Balaban J connectivity index is 1.74. The molecule has 0 radical (unpaired) electrons. The van der Waals surface area contributed by atoms with E-state index in [9.17, 15) is 0 Å². The van der Waals surface area contributed by atoms with Crippen molar-refractivity contribution in [3.63, 3.8) is 0 Å². The van der Waals surface area contributed by atoms with E-state index in [0.29, 0.717) is 6.04 Å². The van der Waals surface area contributed by atoms with Crippen LogP contribution in [0.15, 0.2) is 36.5 Å². The van der Waals surface area contributed by atoms with Crippen LogP contribution in [-0.2, 0) is 6.54 Å². The van der Waals surface area contributed by atoms with Gasteiger partial charge < -0.3 is 5.32 Å². The Hall–Kier alpha value is -1.41. The second-order valence-corrected chi connectivity index (χ2v) is 5.48. The van der Waals surface area contributed by atoms with E-state index in [2.05, 4.69) is 41.5 Å². The molecular formula is C16H20N2. The molecule has 0 amide bonds. The van der Waals surface area contributed by atoms with Gasteiger partial charge in [0.05, 0.1) is 5.52 Å². The summed E-state index contributed by atoms with van der Waals surface area (Å²) in [5, 5.41) is 4.97. The number of para-hydroxylation sites is 1. The van der Waals surface area contributed by atoms with Crippen molar-refractivity contribution in [2.24, 2.45) is 5.92 Å². The highest BCUT2D eigenvalue weighted by Gasteiger charge is 2.20. The first-order chi connectivity index (χ1) is 8.83. The summed E-state index contributed by atoms with van der Waals surface area (Å²) in [6, 6.07) is 11.2. The Morgan fingerprint density at radius 1 is 1.22 bits per heavy atom. The van der Waals surface area contributed by atoms with Gasteiger partial charge in [-0.15, -0.1) is 0 Å². The number of nitrogens with zero attached hydrogens (tertiary/aromatic N) is 1.